The molecule has 1 aromatic carbocycles. The van der Waals surface area contributed by atoms with Crippen LogP contribution in [0.5, 0.6) is 0 Å². The summed E-state index contributed by atoms with van der Waals surface area (Å²) in [6.07, 6.45) is 3.17. The van der Waals surface area contributed by atoms with Gasteiger partial charge in [0.05, 0.1) is 5.75 Å². The number of thiophene rings is 1. The predicted molar refractivity (Wildman–Crippen MR) is 121 cm³/mol. The molecule has 1 aliphatic carbocycles. The van der Waals surface area contributed by atoms with Gasteiger partial charge < -0.3 is 14.4 Å². The molecule has 6 nitrogen and oxygen atoms in total. The maximum atomic E-state index is 12.8. The van der Waals surface area contributed by atoms with Crippen molar-refractivity contribution in [1.29, 1.82) is 0 Å². The SMILES string of the molecule is O=C(CSc1nnc(Cc2cccs2)n1C1CC1)N1CCN(c2ccccc2)CC1. The van der Waals surface area contributed by atoms with E-state index in [1.807, 2.05) is 11.0 Å². The molecule has 2 aromatic heterocycles. The Morgan fingerprint density at radius 1 is 1.03 bits per heavy atom. The molecule has 1 saturated carbocycles. The number of para-hydroxylation sites is 1. The number of nitrogens with zero attached hydrogens (tertiary/aromatic N) is 5. The van der Waals surface area contributed by atoms with Gasteiger partial charge in [0.25, 0.3) is 0 Å². The molecule has 0 atom stereocenters. The first-order valence-corrected chi connectivity index (χ1v) is 12.3. The van der Waals surface area contributed by atoms with E-state index in [0.717, 1.165) is 43.6 Å². The van der Waals surface area contributed by atoms with Crippen LogP contribution in [-0.2, 0) is 11.2 Å². The number of hydrogen-bond acceptors (Lipinski definition) is 6. The summed E-state index contributed by atoms with van der Waals surface area (Å²) in [7, 11) is 0. The number of carbonyl (C=O) groups is 1. The summed E-state index contributed by atoms with van der Waals surface area (Å²) in [5, 5.41) is 11.9. The fourth-order valence-corrected chi connectivity index (χ4v) is 5.49. The third-order valence-electron chi connectivity index (χ3n) is 5.64. The second-order valence-corrected chi connectivity index (χ2v) is 9.72. The number of hydrogen-bond donors (Lipinski definition) is 0. The van der Waals surface area contributed by atoms with E-state index in [2.05, 4.69) is 61.4 Å². The topological polar surface area (TPSA) is 54.3 Å². The van der Waals surface area contributed by atoms with E-state index >= 15 is 0 Å². The van der Waals surface area contributed by atoms with E-state index in [-0.39, 0.29) is 5.91 Å². The van der Waals surface area contributed by atoms with Crippen LogP contribution in [0.1, 0.15) is 29.6 Å². The number of aromatic nitrogens is 3. The first kappa shape index (κ1) is 19.6. The number of amides is 1. The predicted octanol–water partition coefficient (Wildman–Crippen LogP) is 3.71. The van der Waals surface area contributed by atoms with Crippen LogP contribution in [0.3, 0.4) is 0 Å². The van der Waals surface area contributed by atoms with Crippen LogP contribution in [0.4, 0.5) is 5.69 Å². The Morgan fingerprint density at radius 2 is 1.83 bits per heavy atom. The molecule has 0 radical (unpaired) electrons. The van der Waals surface area contributed by atoms with Crippen molar-refractivity contribution < 1.29 is 4.79 Å². The second kappa shape index (κ2) is 8.81. The molecule has 30 heavy (non-hydrogen) atoms. The highest BCUT2D eigenvalue weighted by molar-refractivity contribution is 7.99. The zero-order valence-corrected chi connectivity index (χ0v) is 18.4. The number of rotatable bonds is 7. The molecule has 0 N–H and O–H groups in total. The first-order chi connectivity index (χ1) is 14.8. The summed E-state index contributed by atoms with van der Waals surface area (Å²) in [5.74, 6) is 1.64. The van der Waals surface area contributed by atoms with Gasteiger partial charge in [0.1, 0.15) is 5.82 Å². The largest absolute Gasteiger partial charge is 0.368 e. The molecular weight excluding hydrogens is 414 g/mol. The van der Waals surface area contributed by atoms with Crippen LogP contribution < -0.4 is 4.90 Å². The Balaban J connectivity index is 1.17. The summed E-state index contributed by atoms with van der Waals surface area (Å²) >= 11 is 3.29. The minimum absolute atomic E-state index is 0.192. The number of carbonyl (C=O) groups excluding carboxylic acids is 1. The lowest BCUT2D eigenvalue weighted by molar-refractivity contribution is -0.128. The summed E-state index contributed by atoms with van der Waals surface area (Å²) in [6.45, 7) is 3.30. The van der Waals surface area contributed by atoms with E-state index in [1.54, 1.807) is 11.3 Å². The van der Waals surface area contributed by atoms with Gasteiger partial charge in [-0.15, -0.1) is 21.5 Å². The average Bonchev–Trinajstić information content (AvgIpc) is 3.34. The Hall–Kier alpha value is -2.32. The standard InChI is InChI=1S/C22H25N5OS2/c28-21(26-12-10-25(11-13-26)17-5-2-1-3-6-17)16-30-22-24-23-20(27(22)18-8-9-18)15-19-7-4-14-29-19/h1-7,14,18H,8-13,15-16H2. The van der Waals surface area contributed by atoms with Crippen LogP contribution in [0.15, 0.2) is 53.0 Å². The maximum absolute atomic E-state index is 12.8. The lowest BCUT2D eigenvalue weighted by Gasteiger charge is -2.36. The second-order valence-electron chi connectivity index (χ2n) is 7.75. The van der Waals surface area contributed by atoms with Gasteiger partial charge >= 0.3 is 0 Å². The molecule has 2 aliphatic rings. The minimum atomic E-state index is 0.192. The highest BCUT2D eigenvalue weighted by Crippen LogP contribution is 2.39. The van der Waals surface area contributed by atoms with Crippen molar-refractivity contribution in [3.05, 3.63) is 58.5 Å². The molecular formula is C22H25N5OS2. The van der Waals surface area contributed by atoms with Crippen LogP contribution in [0, 0.1) is 0 Å². The van der Waals surface area contributed by atoms with Crippen LogP contribution in [0.2, 0.25) is 0 Å². The molecule has 1 amide bonds. The zero-order chi connectivity index (χ0) is 20.3. The third kappa shape index (κ3) is 4.39. The highest BCUT2D eigenvalue weighted by Gasteiger charge is 2.30. The molecule has 0 spiro atoms. The van der Waals surface area contributed by atoms with Crippen molar-refractivity contribution >= 4 is 34.7 Å². The smallest absolute Gasteiger partial charge is 0.233 e. The fourth-order valence-electron chi connectivity index (χ4n) is 3.87. The molecule has 8 heteroatoms. The number of benzene rings is 1. The van der Waals surface area contributed by atoms with Crippen molar-refractivity contribution in [1.82, 2.24) is 19.7 Å². The van der Waals surface area contributed by atoms with Crippen molar-refractivity contribution in [2.45, 2.75) is 30.5 Å². The van der Waals surface area contributed by atoms with Gasteiger partial charge in [0.15, 0.2) is 5.16 Å². The molecule has 2 fully saturated rings. The first-order valence-electron chi connectivity index (χ1n) is 10.4. The Bertz CT molecular complexity index is 976. The maximum Gasteiger partial charge on any atom is 0.233 e. The van der Waals surface area contributed by atoms with Crippen molar-refractivity contribution in [2.24, 2.45) is 0 Å². The van der Waals surface area contributed by atoms with Gasteiger partial charge in [-0.05, 0) is 36.4 Å². The van der Waals surface area contributed by atoms with Gasteiger partial charge in [-0.25, -0.2) is 0 Å². The molecule has 156 valence electrons. The van der Waals surface area contributed by atoms with Crippen molar-refractivity contribution in [3.8, 4) is 0 Å². The number of thioether (sulfide) groups is 1. The van der Waals surface area contributed by atoms with Crippen molar-refractivity contribution in [2.75, 3.05) is 36.8 Å². The van der Waals surface area contributed by atoms with Crippen molar-refractivity contribution in [3.63, 3.8) is 0 Å². The average molecular weight is 440 g/mol. The summed E-state index contributed by atoms with van der Waals surface area (Å²) < 4.78 is 2.27. The van der Waals surface area contributed by atoms with Crippen LogP contribution >= 0.6 is 23.1 Å². The number of piperazine rings is 1. The van der Waals surface area contributed by atoms with E-state index in [1.165, 1.54) is 35.2 Å². The summed E-state index contributed by atoms with van der Waals surface area (Å²) in [4.78, 5) is 18.4. The van der Waals surface area contributed by atoms with E-state index < -0.39 is 0 Å². The van der Waals surface area contributed by atoms with E-state index in [9.17, 15) is 4.79 Å². The molecule has 5 rings (SSSR count). The van der Waals surface area contributed by atoms with Gasteiger partial charge in [0.2, 0.25) is 5.91 Å². The molecule has 0 unspecified atom stereocenters. The van der Waals surface area contributed by atoms with Gasteiger partial charge in [-0.2, -0.15) is 0 Å². The normalized spacial score (nSPS) is 16.8. The van der Waals surface area contributed by atoms with Gasteiger partial charge in [-0.1, -0.05) is 36.0 Å². The Labute approximate surface area is 184 Å². The monoisotopic (exact) mass is 439 g/mol. The van der Waals surface area contributed by atoms with E-state index in [4.69, 9.17) is 0 Å². The zero-order valence-electron chi connectivity index (χ0n) is 16.8. The lowest BCUT2D eigenvalue weighted by atomic mass is 10.2. The molecule has 3 aromatic rings. The Kier molecular flexibility index (Phi) is 5.77. The highest BCUT2D eigenvalue weighted by atomic mass is 32.2. The fraction of sp³-hybridized carbons (Fsp3) is 0.409. The molecule has 0 bridgehead atoms. The quantitative estimate of drug-likeness (QED) is 0.526. The van der Waals surface area contributed by atoms with Gasteiger partial charge in [0, 0.05) is 49.2 Å². The molecule has 1 saturated heterocycles. The number of anilines is 1. The summed E-state index contributed by atoms with van der Waals surface area (Å²) in [6, 6.07) is 15.1. The van der Waals surface area contributed by atoms with Crippen LogP contribution in [-0.4, -0.2) is 57.5 Å². The third-order valence-corrected chi connectivity index (χ3v) is 7.44. The Morgan fingerprint density at radius 3 is 2.53 bits per heavy atom. The van der Waals surface area contributed by atoms with Crippen LogP contribution in [0.25, 0.3) is 0 Å². The molecule has 1 aliphatic heterocycles. The van der Waals surface area contributed by atoms with E-state index in [0.29, 0.717) is 11.8 Å². The summed E-state index contributed by atoms with van der Waals surface area (Å²) in [5.41, 5.74) is 1.23. The minimum Gasteiger partial charge on any atom is -0.368 e. The molecule has 3 heterocycles. The lowest BCUT2D eigenvalue weighted by Crippen LogP contribution is -2.49. The van der Waals surface area contributed by atoms with Gasteiger partial charge in [-0.3, -0.25) is 4.79 Å².